The molecular formula is C39H52F3N3O5. The third-order valence-electron chi connectivity index (χ3n) is 12.2. The summed E-state index contributed by atoms with van der Waals surface area (Å²) in [4.78, 5) is 33.1. The van der Waals surface area contributed by atoms with E-state index in [0.29, 0.717) is 69.7 Å². The van der Waals surface area contributed by atoms with E-state index in [-0.39, 0.29) is 23.8 Å². The van der Waals surface area contributed by atoms with Gasteiger partial charge in [-0.3, -0.25) is 14.5 Å². The highest BCUT2D eigenvalue weighted by molar-refractivity contribution is 5.85. The van der Waals surface area contributed by atoms with Gasteiger partial charge in [-0.2, -0.15) is 13.2 Å². The molecule has 3 saturated heterocycles. The number of hydrogen-bond donors (Lipinski definition) is 1. The third-order valence-corrected chi connectivity index (χ3v) is 12.2. The van der Waals surface area contributed by atoms with E-state index >= 15 is 4.79 Å². The maximum Gasteiger partial charge on any atom is 0.416 e. The molecule has 274 valence electrons. The summed E-state index contributed by atoms with van der Waals surface area (Å²) in [6.07, 6.45) is 1.41. The first-order valence-electron chi connectivity index (χ1n) is 18.2. The van der Waals surface area contributed by atoms with Crippen molar-refractivity contribution in [3.05, 3.63) is 59.2 Å². The first-order chi connectivity index (χ1) is 23.8. The van der Waals surface area contributed by atoms with E-state index in [2.05, 4.69) is 30.9 Å². The Balaban J connectivity index is 1.31. The van der Waals surface area contributed by atoms with Gasteiger partial charge >= 0.3 is 12.1 Å². The summed E-state index contributed by atoms with van der Waals surface area (Å²) in [5, 5.41) is 9.54. The third kappa shape index (κ3) is 7.36. The number of ether oxygens (including phenoxy) is 2. The minimum Gasteiger partial charge on any atom is -0.497 e. The number of benzene rings is 2. The predicted molar refractivity (Wildman–Crippen MR) is 186 cm³/mol. The Hall–Kier alpha value is -3.31. The Kier molecular flexibility index (Phi) is 10.8. The van der Waals surface area contributed by atoms with Gasteiger partial charge in [0.1, 0.15) is 5.75 Å². The molecule has 3 heterocycles. The molecule has 8 nitrogen and oxygen atoms in total. The number of amides is 1. The summed E-state index contributed by atoms with van der Waals surface area (Å²) in [6.45, 7) is 7.27. The number of rotatable bonds is 9. The smallest absolute Gasteiger partial charge is 0.416 e. The van der Waals surface area contributed by atoms with Crippen LogP contribution >= 0.6 is 0 Å². The highest BCUT2D eigenvalue weighted by Gasteiger charge is 2.54. The monoisotopic (exact) mass is 699 g/mol. The van der Waals surface area contributed by atoms with Gasteiger partial charge in [0.05, 0.1) is 36.7 Å². The molecule has 0 aromatic heterocycles. The highest BCUT2D eigenvalue weighted by Crippen LogP contribution is 2.49. The fraction of sp³-hybridized carbons (Fsp3) is 0.641. The van der Waals surface area contributed by atoms with Gasteiger partial charge in [0, 0.05) is 63.4 Å². The van der Waals surface area contributed by atoms with E-state index in [9.17, 15) is 23.1 Å². The van der Waals surface area contributed by atoms with Crippen LogP contribution in [0.25, 0.3) is 0 Å². The lowest BCUT2D eigenvalue weighted by atomic mass is 9.74. The molecule has 0 spiro atoms. The van der Waals surface area contributed by atoms with Gasteiger partial charge in [-0.25, -0.2) is 0 Å². The highest BCUT2D eigenvalue weighted by atomic mass is 19.4. The quantitative estimate of drug-likeness (QED) is 0.301. The van der Waals surface area contributed by atoms with Gasteiger partial charge in [-0.1, -0.05) is 25.1 Å². The molecule has 0 radical (unpaired) electrons. The van der Waals surface area contributed by atoms with Crippen molar-refractivity contribution in [3.63, 3.8) is 0 Å². The number of carboxylic acid groups (broad SMARTS) is 1. The van der Waals surface area contributed by atoms with Crippen molar-refractivity contribution in [1.29, 1.82) is 0 Å². The van der Waals surface area contributed by atoms with Crippen LogP contribution in [0.15, 0.2) is 42.5 Å². The van der Waals surface area contributed by atoms with Gasteiger partial charge in [0.15, 0.2) is 0 Å². The first-order valence-corrected chi connectivity index (χ1v) is 18.2. The van der Waals surface area contributed by atoms with Crippen LogP contribution in [-0.2, 0) is 20.5 Å². The van der Waals surface area contributed by atoms with E-state index < -0.39 is 29.0 Å². The maximum absolute atomic E-state index is 15.1. The molecule has 4 fully saturated rings. The molecule has 0 unspecified atom stereocenters. The molecule has 1 saturated carbocycles. The van der Waals surface area contributed by atoms with Crippen LogP contribution in [0.3, 0.4) is 0 Å². The van der Waals surface area contributed by atoms with Crippen LogP contribution in [0.5, 0.6) is 5.75 Å². The predicted octanol–water partition coefficient (Wildman–Crippen LogP) is 7.03. The van der Waals surface area contributed by atoms with E-state index in [1.807, 2.05) is 21.9 Å². The van der Waals surface area contributed by atoms with Crippen molar-refractivity contribution in [2.45, 2.75) is 88.9 Å². The minimum absolute atomic E-state index is 0.0420. The molecule has 4 atom stereocenters. The molecule has 1 aliphatic carbocycles. The average molecular weight is 700 g/mol. The number of anilines is 1. The van der Waals surface area contributed by atoms with Crippen molar-refractivity contribution in [2.75, 3.05) is 58.5 Å². The fourth-order valence-electron chi connectivity index (χ4n) is 9.22. The number of alkyl halides is 3. The summed E-state index contributed by atoms with van der Waals surface area (Å²) >= 11 is 0. The van der Waals surface area contributed by atoms with Crippen molar-refractivity contribution in [3.8, 4) is 5.75 Å². The number of nitrogens with zero attached hydrogens (tertiary/aromatic N) is 3. The van der Waals surface area contributed by atoms with Crippen molar-refractivity contribution >= 4 is 17.6 Å². The zero-order valence-electron chi connectivity index (χ0n) is 29.8. The normalized spacial score (nSPS) is 29.8. The molecule has 3 aliphatic heterocycles. The molecule has 50 heavy (non-hydrogen) atoms. The van der Waals surface area contributed by atoms with Gasteiger partial charge in [-0.05, 0) is 93.2 Å². The van der Waals surface area contributed by atoms with Crippen LogP contribution < -0.4 is 9.64 Å². The van der Waals surface area contributed by atoms with E-state index in [1.165, 1.54) is 18.9 Å². The van der Waals surface area contributed by atoms with Crippen molar-refractivity contribution in [2.24, 2.45) is 17.3 Å². The second-order valence-corrected chi connectivity index (χ2v) is 15.5. The maximum atomic E-state index is 15.1. The summed E-state index contributed by atoms with van der Waals surface area (Å²) < 4.78 is 53.1. The van der Waals surface area contributed by atoms with Crippen LogP contribution in [0.4, 0.5) is 18.9 Å². The lowest BCUT2D eigenvalue weighted by molar-refractivity contribution is -0.143. The molecule has 11 heteroatoms. The number of carbonyl (C=O) groups is 2. The second-order valence-electron chi connectivity index (χ2n) is 15.5. The standard InChI is InChI=1S/C39H52F3N3O5/c1-25-5-10-30(11-6-25)44-22-34(26-7-12-32(50-4)13-8-26)38(2,24-44)37(48)45-21-28(19-31(45)23-49-3)33-14-9-29(39(40,41)42)20-35(33)43-17-15-27(16-18-43)36(46)47/h7-9,12-14,20,25,27-28,30-31,34H,5-6,10-11,15-19,21-24H2,1-4H3,(H,46,47)/t25?,28-,30?,31+,34+,38-/m0/s1. The van der Waals surface area contributed by atoms with Crippen molar-refractivity contribution in [1.82, 2.24) is 9.80 Å². The minimum atomic E-state index is -4.52. The fourth-order valence-corrected chi connectivity index (χ4v) is 9.22. The lowest BCUT2D eigenvalue weighted by Crippen LogP contribution is -2.49. The van der Waals surface area contributed by atoms with Gasteiger partial charge < -0.3 is 24.4 Å². The van der Waals surface area contributed by atoms with E-state index in [1.54, 1.807) is 20.3 Å². The number of likely N-dealkylation sites (tertiary alicyclic amines) is 2. The number of halogens is 3. The molecule has 1 amide bonds. The summed E-state index contributed by atoms with van der Waals surface area (Å²) in [6, 6.07) is 12.2. The molecule has 2 aromatic carbocycles. The summed E-state index contributed by atoms with van der Waals surface area (Å²) in [5.74, 6) is -0.0760. The number of carbonyl (C=O) groups excluding carboxylic acids is 1. The second kappa shape index (κ2) is 14.7. The van der Waals surface area contributed by atoms with Gasteiger partial charge in [-0.15, -0.1) is 0 Å². The summed E-state index contributed by atoms with van der Waals surface area (Å²) in [5.41, 5.74) is 0.904. The largest absolute Gasteiger partial charge is 0.497 e. The Morgan fingerprint density at radius 3 is 2.24 bits per heavy atom. The number of hydrogen-bond acceptors (Lipinski definition) is 6. The number of carboxylic acids is 1. The van der Waals surface area contributed by atoms with Crippen LogP contribution in [0.1, 0.15) is 87.3 Å². The molecule has 1 N–H and O–H groups in total. The Morgan fingerprint density at radius 2 is 1.64 bits per heavy atom. The zero-order valence-corrected chi connectivity index (χ0v) is 29.8. The van der Waals surface area contributed by atoms with E-state index in [4.69, 9.17) is 9.47 Å². The SMILES string of the molecule is COC[C@H]1C[C@H](c2ccc(C(F)(F)F)cc2N2CCC(C(=O)O)CC2)CN1C(=O)[C@@]1(C)CN(C2CCC(C)CC2)C[C@@H]1c1ccc(OC)cc1. The Bertz CT molecular complexity index is 1500. The van der Waals surface area contributed by atoms with Gasteiger partial charge in [0.2, 0.25) is 5.91 Å². The van der Waals surface area contributed by atoms with Crippen LogP contribution in [0, 0.1) is 17.3 Å². The molecule has 6 rings (SSSR count). The average Bonchev–Trinajstić information content (AvgIpc) is 3.69. The number of aliphatic carboxylic acids is 1. The van der Waals surface area contributed by atoms with Crippen LogP contribution in [-0.4, -0.2) is 92.4 Å². The van der Waals surface area contributed by atoms with Crippen molar-refractivity contribution < 1.29 is 37.3 Å². The Labute approximate surface area is 293 Å². The number of methoxy groups -OCH3 is 2. The molecular weight excluding hydrogens is 647 g/mol. The number of piperidine rings is 1. The topological polar surface area (TPSA) is 82.5 Å². The molecule has 4 aliphatic rings. The zero-order chi connectivity index (χ0) is 35.8. The summed E-state index contributed by atoms with van der Waals surface area (Å²) in [7, 11) is 3.26. The molecule has 0 bridgehead atoms. The van der Waals surface area contributed by atoms with Crippen LogP contribution in [0.2, 0.25) is 0 Å². The van der Waals surface area contributed by atoms with E-state index in [0.717, 1.165) is 42.3 Å². The molecule has 2 aromatic rings. The Morgan fingerprint density at radius 1 is 0.960 bits per heavy atom. The van der Waals surface area contributed by atoms with Gasteiger partial charge in [0.25, 0.3) is 0 Å². The lowest BCUT2D eigenvalue weighted by Gasteiger charge is -2.37. The first kappa shape index (κ1) is 36.5.